The van der Waals surface area contributed by atoms with Crippen LogP contribution in [0.2, 0.25) is 0 Å². The fraction of sp³-hybridized carbons (Fsp3) is 0.381. The van der Waals surface area contributed by atoms with Crippen molar-refractivity contribution in [3.8, 4) is 5.75 Å². The summed E-state index contributed by atoms with van der Waals surface area (Å²) < 4.78 is 11.9. The molecule has 0 spiro atoms. The van der Waals surface area contributed by atoms with Crippen LogP contribution in [-0.4, -0.2) is 35.7 Å². The van der Waals surface area contributed by atoms with Crippen LogP contribution >= 0.6 is 11.8 Å². The Balaban J connectivity index is 1.59. The van der Waals surface area contributed by atoms with E-state index in [2.05, 4.69) is 5.32 Å². The molecule has 5 nitrogen and oxygen atoms in total. The second-order valence-corrected chi connectivity index (χ2v) is 7.95. The minimum absolute atomic E-state index is 0.0652. The van der Waals surface area contributed by atoms with E-state index >= 15 is 0 Å². The highest BCUT2D eigenvalue weighted by atomic mass is 32.2. The molecule has 2 unspecified atom stereocenters. The molecule has 0 saturated carbocycles. The van der Waals surface area contributed by atoms with E-state index in [1.54, 1.807) is 18.8 Å². The van der Waals surface area contributed by atoms with Gasteiger partial charge in [-0.1, -0.05) is 55.1 Å². The average molecular weight is 388 g/mol. The highest BCUT2D eigenvalue weighted by Gasteiger charge is 2.40. The van der Waals surface area contributed by atoms with Gasteiger partial charge in [-0.25, -0.2) is 0 Å². The maximum Gasteiger partial charge on any atom is 0.323 e. The summed E-state index contributed by atoms with van der Waals surface area (Å²) in [6.07, 6.45) is 0.484. The number of thioether (sulfide) groups is 1. The lowest BCUT2D eigenvalue weighted by atomic mass is 9.98. The van der Waals surface area contributed by atoms with Gasteiger partial charge in [-0.2, -0.15) is 0 Å². The van der Waals surface area contributed by atoms with Crippen molar-refractivity contribution in [2.75, 3.05) is 7.05 Å². The number of benzene rings is 2. The largest absolute Gasteiger partial charge is 0.489 e. The molecule has 2 aromatic carbocycles. The molecule has 2 N–H and O–H groups in total. The minimum Gasteiger partial charge on any atom is -0.489 e. The number of rotatable bonds is 8. The van der Waals surface area contributed by atoms with Crippen LogP contribution in [0.25, 0.3) is 0 Å². The first-order valence-electron chi connectivity index (χ1n) is 9.06. The Labute approximate surface area is 164 Å². The number of hydrogen-bond acceptors (Lipinski definition) is 5. The van der Waals surface area contributed by atoms with Crippen LogP contribution in [0.15, 0.2) is 59.5 Å². The van der Waals surface area contributed by atoms with Gasteiger partial charge in [0, 0.05) is 4.90 Å². The molecule has 27 heavy (non-hydrogen) atoms. The fourth-order valence-electron chi connectivity index (χ4n) is 3.24. The predicted molar refractivity (Wildman–Crippen MR) is 106 cm³/mol. The number of ether oxygens (including phenoxy) is 2. The van der Waals surface area contributed by atoms with Gasteiger partial charge in [-0.3, -0.25) is 4.79 Å². The molecule has 4 atom stereocenters. The van der Waals surface area contributed by atoms with Gasteiger partial charge in [0.1, 0.15) is 23.8 Å². The number of carboxylic acid groups (broad SMARTS) is 1. The van der Waals surface area contributed by atoms with Crippen molar-refractivity contribution in [1.29, 1.82) is 0 Å². The van der Waals surface area contributed by atoms with Crippen molar-refractivity contribution in [1.82, 2.24) is 5.32 Å². The van der Waals surface area contributed by atoms with Crippen LogP contribution in [0.1, 0.15) is 18.9 Å². The number of carboxylic acids is 1. The molecule has 0 aromatic heterocycles. The van der Waals surface area contributed by atoms with Crippen LogP contribution in [0.5, 0.6) is 5.75 Å². The Morgan fingerprint density at radius 3 is 2.78 bits per heavy atom. The van der Waals surface area contributed by atoms with Gasteiger partial charge in [-0.05, 0) is 43.1 Å². The maximum absolute atomic E-state index is 11.4. The van der Waals surface area contributed by atoms with Gasteiger partial charge in [0.2, 0.25) is 0 Å². The van der Waals surface area contributed by atoms with Crippen molar-refractivity contribution < 1.29 is 19.4 Å². The van der Waals surface area contributed by atoms with Gasteiger partial charge in [0.05, 0.1) is 6.10 Å². The number of carbonyl (C=O) groups is 1. The third kappa shape index (κ3) is 5.25. The number of likely N-dealkylation sites (N-methyl/N-ethyl adjacent to an activating group) is 1. The van der Waals surface area contributed by atoms with E-state index in [4.69, 9.17) is 9.47 Å². The first-order chi connectivity index (χ1) is 13.1. The summed E-state index contributed by atoms with van der Waals surface area (Å²) >= 11 is 1.61. The molecule has 0 radical (unpaired) electrons. The van der Waals surface area contributed by atoms with E-state index in [9.17, 15) is 9.90 Å². The van der Waals surface area contributed by atoms with Gasteiger partial charge in [-0.15, -0.1) is 0 Å². The third-order valence-electron chi connectivity index (χ3n) is 4.66. The fourth-order valence-corrected chi connectivity index (χ4v) is 4.47. The lowest BCUT2D eigenvalue weighted by molar-refractivity contribution is -0.143. The van der Waals surface area contributed by atoms with Crippen LogP contribution < -0.4 is 10.1 Å². The maximum atomic E-state index is 11.4. The van der Waals surface area contributed by atoms with Crippen LogP contribution in [0.3, 0.4) is 0 Å². The lowest BCUT2D eigenvalue weighted by Gasteiger charge is -2.22. The summed E-state index contributed by atoms with van der Waals surface area (Å²) in [6, 6.07) is 17.3. The standard InChI is InChI=1S/C21H25NO4S/c1-14-11-18(26-20(14)19(22-2)21(23)24)27-17-10-6-9-16(12-17)25-13-15-7-4-3-5-8-15/h3-10,12,14,18-20,22H,11,13H2,1-2H3,(H,23,24)/t14-,18?,19?,20-/m1/s1. The third-order valence-corrected chi connectivity index (χ3v) is 5.75. The molecule has 144 valence electrons. The van der Waals surface area contributed by atoms with E-state index in [1.165, 1.54) is 0 Å². The first-order valence-corrected chi connectivity index (χ1v) is 9.93. The SMILES string of the molecule is CNC(C(=O)O)[C@@H]1OC(Sc2cccc(OCc3ccccc3)c2)C[C@H]1C. The monoisotopic (exact) mass is 387 g/mol. The summed E-state index contributed by atoms with van der Waals surface area (Å²) in [4.78, 5) is 12.4. The van der Waals surface area contributed by atoms with E-state index in [1.807, 2.05) is 61.5 Å². The smallest absolute Gasteiger partial charge is 0.323 e. The first kappa shape index (κ1) is 19.7. The highest BCUT2D eigenvalue weighted by Crippen LogP contribution is 2.38. The minimum atomic E-state index is -0.878. The molecular weight excluding hydrogens is 362 g/mol. The lowest BCUT2D eigenvalue weighted by Crippen LogP contribution is -2.46. The van der Waals surface area contributed by atoms with Gasteiger partial charge < -0.3 is 19.9 Å². The van der Waals surface area contributed by atoms with E-state index < -0.39 is 12.0 Å². The number of aliphatic carboxylic acids is 1. The number of nitrogens with one attached hydrogen (secondary N) is 1. The second kappa shape index (κ2) is 9.26. The van der Waals surface area contributed by atoms with Crippen molar-refractivity contribution in [3.05, 3.63) is 60.2 Å². The number of hydrogen-bond donors (Lipinski definition) is 2. The molecule has 0 aliphatic carbocycles. The zero-order valence-corrected chi connectivity index (χ0v) is 16.3. The Morgan fingerprint density at radius 1 is 1.30 bits per heavy atom. The van der Waals surface area contributed by atoms with Crippen molar-refractivity contribution >= 4 is 17.7 Å². The summed E-state index contributed by atoms with van der Waals surface area (Å²) in [5.74, 6) is 0.106. The highest BCUT2D eigenvalue weighted by molar-refractivity contribution is 7.99. The second-order valence-electron chi connectivity index (χ2n) is 6.71. The Morgan fingerprint density at radius 2 is 2.07 bits per heavy atom. The van der Waals surface area contributed by atoms with Crippen molar-refractivity contribution in [2.24, 2.45) is 5.92 Å². The Hall–Kier alpha value is -2.02. The quantitative estimate of drug-likeness (QED) is 0.718. The van der Waals surface area contributed by atoms with Crippen molar-refractivity contribution in [3.63, 3.8) is 0 Å². The van der Waals surface area contributed by atoms with E-state index in [0.717, 1.165) is 22.6 Å². The average Bonchev–Trinajstić information content (AvgIpc) is 3.01. The zero-order chi connectivity index (χ0) is 19.2. The molecule has 2 aromatic rings. The molecule has 6 heteroatoms. The normalized spacial score (nSPS) is 23.1. The topological polar surface area (TPSA) is 67.8 Å². The van der Waals surface area contributed by atoms with Crippen LogP contribution in [0.4, 0.5) is 0 Å². The molecule has 0 amide bonds. The molecule has 0 bridgehead atoms. The van der Waals surface area contributed by atoms with Gasteiger partial charge >= 0.3 is 5.97 Å². The molecule has 1 saturated heterocycles. The molecule has 1 heterocycles. The molecular formula is C21H25NO4S. The van der Waals surface area contributed by atoms with Crippen molar-refractivity contribution in [2.45, 2.75) is 42.4 Å². The zero-order valence-electron chi connectivity index (χ0n) is 15.5. The summed E-state index contributed by atoms with van der Waals surface area (Å²) in [5, 5.41) is 12.2. The van der Waals surface area contributed by atoms with Gasteiger partial charge in [0.25, 0.3) is 0 Å². The van der Waals surface area contributed by atoms with E-state index in [0.29, 0.717) is 6.61 Å². The Kier molecular flexibility index (Phi) is 6.77. The van der Waals surface area contributed by atoms with Crippen LogP contribution in [0, 0.1) is 5.92 Å². The van der Waals surface area contributed by atoms with Crippen LogP contribution in [-0.2, 0) is 16.1 Å². The molecule has 1 aliphatic heterocycles. The van der Waals surface area contributed by atoms with Gasteiger partial charge in [0.15, 0.2) is 0 Å². The Bertz CT molecular complexity index is 755. The molecule has 1 aliphatic rings. The predicted octanol–water partition coefficient (Wildman–Crippen LogP) is 3.78. The van der Waals surface area contributed by atoms with E-state index in [-0.39, 0.29) is 17.5 Å². The molecule has 1 fully saturated rings. The molecule has 3 rings (SSSR count). The summed E-state index contributed by atoms with van der Waals surface area (Å²) in [6.45, 7) is 2.56. The summed E-state index contributed by atoms with van der Waals surface area (Å²) in [7, 11) is 1.66. The summed E-state index contributed by atoms with van der Waals surface area (Å²) in [5.41, 5.74) is 1.06.